The Hall–Kier alpha value is -0.410. The lowest BCUT2D eigenvalue weighted by molar-refractivity contribution is -0.306. The smallest absolute Gasteiger partial charge is 0.162 e. The summed E-state index contributed by atoms with van der Waals surface area (Å²) in [6.45, 7) is 6.54. The van der Waals surface area contributed by atoms with Crippen LogP contribution in [0.4, 0.5) is 0 Å². The summed E-state index contributed by atoms with van der Waals surface area (Å²) in [6, 6.07) is 0. The molecule has 0 heterocycles. The summed E-state index contributed by atoms with van der Waals surface area (Å²) in [5, 5.41) is 21.4. The van der Waals surface area contributed by atoms with Gasteiger partial charge in [-0.2, -0.15) is 0 Å². The summed E-state index contributed by atoms with van der Waals surface area (Å²) >= 11 is 0. The van der Waals surface area contributed by atoms with Crippen LogP contribution in [0.3, 0.4) is 0 Å². The van der Waals surface area contributed by atoms with Gasteiger partial charge in [0.1, 0.15) is 6.10 Å². The van der Waals surface area contributed by atoms with E-state index in [-0.39, 0.29) is 27.6 Å². The van der Waals surface area contributed by atoms with Gasteiger partial charge in [0.2, 0.25) is 0 Å². The van der Waals surface area contributed by atoms with E-state index in [1.165, 1.54) is 12.8 Å². The Balaban J connectivity index is 1.58. The number of aliphatic hydroxyl groups excluding tert-OH is 1. The van der Waals surface area contributed by atoms with Crippen molar-refractivity contribution in [3.05, 3.63) is 0 Å². The summed E-state index contributed by atoms with van der Waals surface area (Å²) in [5.74, 6) is 2.25. The van der Waals surface area contributed by atoms with Crippen molar-refractivity contribution in [3.8, 4) is 0 Å². The molecule has 0 unspecified atom stereocenters. The minimum Gasteiger partial charge on any atom is -0.390 e. The lowest BCUT2D eigenvalue weighted by Crippen LogP contribution is -2.73. The maximum Gasteiger partial charge on any atom is 0.162 e. The summed E-state index contributed by atoms with van der Waals surface area (Å²) in [7, 11) is 0. The van der Waals surface area contributed by atoms with Gasteiger partial charge in [-0.3, -0.25) is 4.79 Å². The molecule has 3 nitrogen and oxygen atoms in total. The molecule has 4 bridgehead atoms. The summed E-state index contributed by atoms with van der Waals surface area (Å²) in [4.78, 5) is 12.6. The van der Waals surface area contributed by atoms with Gasteiger partial charge in [-0.15, -0.1) is 0 Å². The average molecular weight is 318 g/mol. The van der Waals surface area contributed by atoms with Gasteiger partial charge < -0.3 is 10.2 Å². The third-order valence-electron chi connectivity index (χ3n) is 9.42. The Morgan fingerprint density at radius 3 is 2.57 bits per heavy atom. The average Bonchev–Trinajstić information content (AvgIpc) is 2.43. The van der Waals surface area contributed by atoms with Crippen LogP contribution in [0, 0.1) is 39.9 Å². The van der Waals surface area contributed by atoms with E-state index in [1.807, 2.05) is 0 Å². The fourth-order valence-electron chi connectivity index (χ4n) is 8.71. The first-order chi connectivity index (χ1) is 10.6. The molecule has 0 radical (unpaired) electrons. The number of aliphatic hydroxyl groups is 2. The van der Waals surface area contributed by atoms with Crippen LogP contribution in [0.1, 0.15) is 65.7 Å². The van der Waals surface area contributed by atoms with Crippen LogP contribution in [-0.4, -0.2) is 27.7 Å². The van der Waals surface area contributed by atoms with E-state index in [0.29, 0.717) is 24.2 Å². The number of Topliss-reactive ketones (excluding diaryl/α,β-unsaturated/α-hetero) is 1. The molecule has 128 valence electrons. The molecule has 0 aromatic rings. The lowest BCUT2D eigenvalue weighted by Gasteiger charge is -2.76. The zero-order valence-corrected chi connectivity index (χ0v) is 14.6. The van der Waals surface area contributed by atoms with Gasteiger partial charge in [0, 0.05) is 11.8 Å². The first kappa shape index (κ1) is 14.9. The number of ketones is 1. The Morgan fingerprint density at radius 1 is 1.13 bits per heavy atom. The number of carbonyl (C=O) groups is 1. The Bertz CT molecular complexity index is 598. The maximum atomic E-state index is 12.6. The Labute approximate surface area is 138 Å². The molecule has 8 atom stereocenters. The number of fused-ring (bicyclic) bond motifs is 1. The van der Waals surface area contributed by atoms with Gasteiger partial charge >= 0.3 is 0 Å². The van der Waals surface area contributed by atoms with Crippen LogP contribution in [0.25, 0.3) is 0 Å². The fourth-order valence-corrected chi connectivity index (χ4v) is 8.71. The summed E-state index contributed by atoms with van der Waals surface area (Å²) < 4.78 is 0. The van der Waals surface area contributed by atoms with Crippen molar-refractivity contribution in [2.75, 3.05) is 0 Å². The van der Waals surface area contributed by atoms with E-state index in [0.717, 1.165) is 31.6 Å². The normalized spacial score (nSPS) is 62.3. The molecule has 7 aliphatic carbocycles. The van der Waals surface area contributed by atoms with Crippen molar-refractivity contribution in [2.24, 2.45) is 39.9 Å². The van der Waals surface area contributed by atoms with Crippen molar-refractivity contribution in [1.29, 1.82) is 0 Å². The zero-order chi connectivity index (χ0) is 16.4. The van der Waals surface area contributed by atoms with Crippen molar-refractivity contribution in [2.45, 2.75) is 77.4 Å². The zero-order valence-electron chi connectivity index (χ0n) is 14.6. The lowest BCUT2D eigenvalue weighted by atomic mass is 9.30. The molecule has 0 saturated heterocycles. The topological polar surface area (TPSA) is 57.5 Å². The second-order valence-corrected chi connectivity index (χ2v) is 10.7. The molecule has 0 aromatic carbocycles. The fraction of sp³-hybridized carbons (Fsp3) is 0.950. The Kier molecular flexibility index (Phi) is 2.51. The standard InChI is InChI=1S/C20H30O3/c1-17(2)14-4-5-19-7-11-8-20(23,10-19)12(11)6-15(19)18(14,3)9-13(21)16(17)22/h11-12,14-16,22-23H,4-10H2,1-3H3/t11-,12-,14-,15+,16-,18-,19+,20+/m1/s1. The van der Waals surface area contributed by atoms with E-state index in [4.69, 9.17) is 0 Å². The highest BCUT2D eigenvalue weighted by Crippen LogP contribution is 2.77. The van der Waals surface area contributed by atoms with E-state index >= 15 is 0 Å². The molecule has 0 amide bonds. The quantitative estimate of drug-likeness (QED) is 0.722. The van der Waals surface area contributed by atoms with Crippen LogP contribution >= 0.6 is 0 Å². The van der Waals surface area contributed by atoms with E-state index in [2.05, 4.69) is 20.8 Å². The third-order valence-corrected chi connectivity index (χ3v) is 9.42. The highest BCUT2D eigenvalue weighted by molar-refractivity contribution is 5.85. The van der Waals surface area contributed by atoms with Gasteiger partial charge in [0.25, 0.3) is 0 Å². The van der Waals surface area contributed by atoms with Crippen LogP contribution in [0.2, 0.25) is 0 Å². The molecule has 7 aliphatic rings. The van der Waals surface area contributed by atoms with Gasteiger partial charge in [-0.1, -0.05) is 20.8 Å². The first-order valence-corrected chi connectivity index (χ1v) is 9.56. The van der Waals surface area contributed by atoms with Crippen molar-refractivity contribution >= 4 is 5.78 Å². The second-order valence-electron chi connectivity index (χ2n) is 10.7. The van der Waals surface area contributed by atoms with Crippen LogP contribution in [0.15, 0.2) is 0 Å². The maximum absolute atomic E-state index is 12.6. The molecule has 3 heteroatoms. The van der Waals surface area contributed by atoms with Gasteiger partial charge in [0.15, 0.2) is 5.78 Å². The van der Waals surface area contributed by atoms with Gasteiger partial charge in [-0.25, -0.2) is 0 Å². The molecule has 0 aromatic heterocycles. The minimum absolute atomic E-state index is 0.0138. The largest absolute Gasteiger partial charge is 0.390 e. The minimum atomic E-state index is -0.798. The SMILES string of the molecule is CC1(C)[C@H](O)C(=O)C[C@]2(C)[C@@H]1CC[C@]13C[C@@H]4C[C@](O)(C1)[C@@H]4C[C@H]32. The van der Waals surface area contributed by atoms with Crippen LogP contribution in [-0.2, 0) is 4.79 Å². The molecule has 0 aliphatic heterocycles. The molecule has 1 spiro atoms. The summed E-state index contributed by atoms with van der Waals surface area (Å²) in [6.07, 6.45) is 6.45. The van der Waals surface area contributed by atoms with E-state index < -0.39 is 6.10 Å². The summed E-state index contributed by atoms with van der Waals surface area (Å²) in [5.41, 5.74) is -0.408. The Morgan fingerprint density at radius 2 is 1.87 bits per heavy atom. The molecule has 7 fully saturated rings. The van der Waals surface area contributed by atoms with Gasteiger partial charge in [0.05, 0.1) is 5.60 Å². The molecule has 2 N–H and O–H groups in total. The van der Waals surface area contributed by atoms with Crippen LogP contribution < -0.4 is 0 Å². The molecule has 7 saturated carbocycles. The monoisotopic (exact) mass is 318 g/mol. The predicted octanol–water partition coefficient (Wildman–Crippen LogP) is 2.93. The molecular formula is C20H30O3. The highest BCUT2D eigenvalue weighted by atomic mass is 16.3. The third kappa shape index (κ3) is 1.49. The number of rotatable bonds is 0. The van der Waals surface area contributed by atoms with E-state index in [1.54, 1.807) is 0 Å². The molecular weight excluding hydrogens is 288 g/mol. The van der Waals surface area contributed by atoms with Crippen molar-refractivity contribution in [3.63, 3.8) is 0 Å². The second kappa shape index (κ2) is 3.88. The highest BCUT2D eigenvalue weighted by Gasteiger charge is 2.74. The van der Waals surface area contributed by atoms with Crippen LogP contribution in [0.5, 0.6) is 0 Å². The van der Waals surface area contributed by atoms with Crippen molar-refractivity contribution < 1.29 is 15.0 Å². The van der Waals surface area contributed by atoms with Crippen molar-refractivity contribution in [1.82, 2.24) is 0 Å². The van der Waals surface area contributed by atoms with E-state index in [9.17, 15) is 15.0 Å². The first-order valence-electron chi connectivity index (χ1n) is 9.56. The number of hydrogen-bond acceptors (Lipinski definition) is 3. The number of carbonyl (C=O) groups excluding carboxylic acids is 1. The molecule has 23 heavy (non-hydrogen) atoms. The molecule has 7 rings (SSSR count). The predicted molar refractivity (Wildman–Crippen MR) is 86.6 cm³/mol. The van der Waals surface area contributed by atoms with Gasteiger partial charge in [-0.05, 0) is 73.0 Å². The number of hydrogen-bond donors (Lipinski definition) is 2.